The van der Waals surface area contributed by atoms with Crippen molar-refractivity contribution in [1.29, 1.82) is 0 Å². The lowest BCUT2D eigenvalue weighted by atomic mass is 9.89. The number of aliphatic hydroxyl groups excluding tert-OH is 1. The zero-order valence-electron chi connectivity index (χ0n) is 13.1. The van der Waals surface area contributed by atoms with Gasteiger partial charge in [0.25, 0.3) is 11.7 Å². The van der Waals surface area contributed by atoms with Crippen molar-refractivity contribution in [2.75, 3.05) is 6.79 Å². The van der Waals surface area contributed by atoms with Crippen molar-refractivity contribution >= 4 is 17.9 Å². The van der Waals surface area contributed by atoms with Crippen LogP contribution in [-0.2, 0) is 33.3 Å². The first-order valence-electron chi connectivity index (χ1n) is 7.11. The second-order valence-electron chi connectivity index (χ2n) is 5.61. The Morgan fingerprint density at radius 2 is 1.74 bits per heavy atom. The molecule has 0 aromatic carbocycles. The largest absolute Gasteiger partial charge is 0.480 e. The van der Waals surface area contributed by atoms with Gasteiger partial charge in [-0.1, -0.05) is 13.0 Å². The maximum atomic E-state index is 12.0. The molecular formula is C15H18O8. The van der Waals surface area contributed by atoms with E-state index < -0.39 is 41.8 Å². The molecule has 8 nitrogen and oxygen atoms in total. The van der Waals surface area contributed by atoms with E-state index in [0.717, 1.165) is 12.2 Å². The summed E-state index contributed by atoms with van der Waals surface area (Å²) < 4.78 is 19.7. The average Bonchev–Trinajstić information content (AvgIpc) is 2.44. The first-order valence-corrected chi connectivity index (χ1v) is 7.11. The van der Waals surface area contributed by atoms with E-state index in [9.17, 15) is 19.5 Å². The van der Waals surface area contributed by atoms with Crippen LogP contribution < -0.4 is 0 Å². The third-order valence-electron chi connectivity index (χ3n) is 3.59. The van der Waals surface area contributed by atoms with E-state index >= 15 is 0 Å². The summed E-state index contributed by atoms with van der Waals surface area (Å²) in [4.78, 5) is 35.5. The number of aliphatic hydroxyl groups is 1. The molecule has 0 aromatic heterocycles. The lowest BCUT2D eigenvalue weighted by Gasteiger charge is -2.33. The fourth-order valence-corrected chi connectivity index (χ4v) is 2.22. The highest BCUT2D eigenvalue weighted by Crippen LogP contribution is 2.32. The minimum absolute atomic E-state index is 0.300. The van der Waals surface area contributed by atoms with Crippen LogP contribution in [0.15, 0.2) is 23.7 Å². The number of rotatable bonds is 4. The van der Waals surface area contributed by atoms with Crippen molar-refractivity contribution in [2.24, 2.45) is 5.41 Å². The highest BCUT2D eigenvalue weighted by Gasteiger charge is 2.46. The van der Waals surface area contributed by atoms with Gasteiger partial charge in [-0.3, -0.25) is 9.59 Å². The maximum absolute atomic E-state index is 12.0. The van der Waals surface area contributed by atoms with Crippen LogP contribution >= 0.6 is 0 Å². The average molecular weight is 326 g/mol. The van der Waals surface area contributed by atoms with Crippen LogP contribution in [0.5, 0.6) is 0 Å². The van der Waals surface area contributed by atoms with Crippen LogP contribution in [0.1, 0.15) is 33.6 Å². The quantitative estimate of drug-likeness (QED) is 0.611. The van der Waals surface area contributed by atoms with E-state index in [4.69, 9.17) is 9.47 Å². The van der Waals surface area contributed by atoms with Gasteiger partial charge in [-0.15, -0.1) is 0 Å². The van der Waals surface area contributed by atoms with Crippen molar-refractivity contribution in [3.63, 3.8) is 0 Å². The van der Waals surface area contributed by atoms with Gasteiger partial charge < -0.3 is 24.1 Å². The van der Waals surface area contributed by atoms with Gasteiger partial charge in [0, 0.05) is 13.3 Å². The Hall–Kier alpha value is -2.51. The lowest BCUT2D eigenvalue weighted by Crippen LogP contribution is -2.43. The van der Waals surface area contributed by atoms with Crippen LogP contribution in [0.2, 0.25) is 0 Å². The molecule has 1 atom stereocenters. The molecule has 1 N–H and O–H groups in total. The van der Waals surface area contributed by atoms with Crippen molar-refractivity contribution in [3.05, 3.63) is 23.7 Å². The summed E-state index contributed by atoms with van der Waals surface area (Å²) in [5.74, 6) is -4.33. The van der Waals surface area contributed by atoms with Gasteiger partial charge >= 0.3 is 17.9 Å². The molecule has 2 heterocycles. The predicted octanol–water partition coefficient (Wildman–Crippen LogP) is 1.47. The van der Waals surface area contributed by atoms with Crippen LogP contribution in [0.25, 0.3) is 0 Å². The summed E-state index contributed by atoms with van der Waals surface area (Å²) in [5, 5.41) is 9.92. The number of carbonyl (C=O) groups excluding carboxylic acids is 3. The molecular weight excluding hydrogens is 308 g/mol. The highest BCUT2D eigenvalue weighted by atomic mass is 16.8. The summed E-state index contributed by atoms with van der Waals surface area (Å²) >= 11 is 0. The fraction of sp³-hybridized carbons (Fsp3) is 0.533. The molecule has 0 aromatic rings. The number of ether oxygens (including phenoxy) is 4. The Morgan fingerprint density at radius 3 is 2.26 bits per heavy atom. The van der Waals surface area contributed by atoms with Gasteiger partial charge in [-0.05, 0) is 19.4 Å². The summed E-state index contributed by atoms with van der Waals surface area (Å²) in [7, 11) is 0. The molecule has 0 saturated carbocycles. The van der Waals surface area contributed by atoms with Crippen molar-refractivity contribution in [2.45, 2.75) is 39.4 Å². The Labute approximate surface area is 132 Å². The molecule has 0 amide bonds. The molecule has 2 rings (SSSR count). The second kappa shape index (κ2) is 5.94. The van der Waals surface area contributed by atoms with Gasteiger partial charge in [0.15, 0.2) is 5.41 Å². The molecule has 0 aliphatic carbocycles. The van der Waals surface area contributed by atoms with Crippen LogP contribution in [-0.4, -0.2) is 35.6 Å². The normalized spacial score (nSPS) is 27.3. The SMILES string of the molecule is CCCC1(C)OC(=O)C(C=CC2(C)C(=O)OCOC2=O)=C(O)O1. The molecule has 1 fully saturated rings. The van der Waals surface area contributed by atoms with Gasteiger partial charge in [0.1, 0.15) is 5.57 Å². The number of hydrogen-bond donors (Lipinski definition) is 1. The third kappa shape index (κ3) is 3.15. The second-order valence-corrected chi connectivity index (χ2v) is 5.61. The van der Waals surface area contributed by atoms with Crippen molar-refractivity contribution in [3.8, 4) is 0 Å². The van der Waals surface area contributed by atoms with Crippen molar-refractivity contribution < 1.29 is 38.4 Å². The molecule has 126 valence electrons. The Bertz CT molecular complexity index is 587. The fourth-order valence-electron chi connectivity index (χ4n) is 2.22. The highest BCUT2D eigenvalue weighted by molar-refractivity contribution is 6.03. The molecule has 8 heteroatoms. The Balaban J connectivity index is 2.26. The standard InChI is InChI=1S/C15H18O8/c1-4-6-15(3)22-10(16)9(11(17)23-15)5-7-14(2)12(18)20-8-21-13(14)19/h5,7,16H,4,6,8H2,1-3H3. The molecule has 0 radical (unpaired) electrons. The topological polar surface area (TPSA) is 108 Å². The van der Waals surface area contributed by atoms with Crippen LogP contribution in [0.4, 0.5) is 0 Å². The number of hydrogen-bond acceptors (Lipinski definition) is 8. The van der Waals surface area contributed by atoms with E-state index in [-0.39, 0.29) is 5.57 Å². The van der Waals surface area contributed by atoms with E-state index in [1.165, 1.54) is 13.8 Å². The molecule has 1 unspecified atom stereocenters. The number of esters is 3. The first kappa shape index (κ1) is 16.9. The maximum Gasteiger partial charge on any atom is 0.348 e. The zero-order chi connectivity index (χ0) is 17.3. The van der Waals surface area contributed by atoms with Crippen LogP contribution in [0, 0.1) is 5.41 Å². The molecule has 0 bridgehead atoms. The van der Waals surface area contributed by atoms with Gasteiger partial charge in [0.05, 0.1) is 0 Å². The van der Waals surface area contributed by atoms with Crippen LogP contribution in [0.3, 0.4) is 0 Å². The summed E-state index contributed by atoms with van der Waals surface area (Å²) in [6.07, 6.45) is 3.26. The summed E-state index contributed by atoms with van der Waals surface area (Å²) in [5.41, 5.74) is -2.01. The summed E-state index contributed by atoms with van der Waals surface area (Å²) in [6, 6.07) is 0. The Morgan fingerprint density at radius 1 is 1.13 bits per heavy atom. The monoisotopic (exact) mass is 326 g/mol. The Kier molecular flexibility index (Phi) is 4.35. The molecule has 2 aliphatic rings. The molecule has 23 heavy (non-hydrogen) atoms. The first-order chi connectivity index (χ1) is 10.7. The van der Waals surface area contributed by atoms with E-state index in [1.807, 2.05) is 6.92 Å². The zero-order valence-corrected chi connectivity index (χ0v) is 13.1. The summed E-state index contributed by atoms with van der Waals surface area (Å²) in [6.45, 7) is 4.23. The number of carbonyl (C=O) groups is 3. The van der Waals surface area contributed by atoms with E-state index in [2.05, 4.69) is 9.47 Å². The van der Waals surface area contributed by atoms with Gasteiger partial charge in [-0.25, -0.2) is 4.79 Å². The minimum atomic E-state index is -1.71. The third-order valence-corrected chi connectivity index (χ3v) is 3.59. The molecule has 1 saturated heterocycles. The molecule has 0 spiro atoms. The minimum Gasteiger partial charge on any atom is -0.480 e. The predicted molar refractivity (Wildman–Crippen MR) is 74.4 cm³/mol. The van der Waals surface area contributed by atoms with Crippen molar-refractivity contribution in [1.82, 2.24) is 0 Å². The van der Waals surface area contributed by atoms with E-state index in [0.29, 0.717) is 12.8 Å². The smallest absolute Gasteiger partial charge is 0.348 e. The molecule has 2 aliphatic heterocycles. The lowest BCUT2D eigenvalue weighted by molar-refractivity contribution is -0.232. The van der Waals surface area contributed by atoms with E-state index in [1.54, 1.807) is 0 Å². The van der Waals surface area contributed by atoms with Gasteiger partial charge in [0.2, 0.25) is 6.79 Å². The van der Waals surface area contributed by atoms with Gasteiger partial charge in [-0.2, -0.15) is 0 Å². The number of cyclic esters (lactones) is 3.